The Morgan fingerprint density at radius 3 is 2.88 bits per heavy atom. The second-order valence-corrected chi connectivity index (χ2v) is 4.56. The number of halogens is 1. The van der Waals surface area contributed by atoms with E-state index < -0.39 is 0 Å². The molecule has 2 aromatic rings. The van der Waals surface area contributed by atoms with Crippen LogP contribution < -0.4 is 5.32 Å². The van der Waals surface area contributed by atoms with E-state index in [9.17, 15) is 0 Å². The molecule has 0 atom stereocenters. The van der Waals surface area contributed by atoms with E-state index >= 15 is 0 Å². The number of aryl methyl sites for hydroxylation is 1. The Labute approximate surface area is 104 Å². The van der Waals surface area contributed by atoms with Crippen molar-refractivity contribution < 1.29 is 0 Å². The van der Waals surface area contributed by atoms with Gasteiger partial charge in [-0.15, -0.1) is 0 Å². The number of hydrogen-bond acceptors (Lipinski definition) is 2. The molecule has 0 radical (unpaired) electrons. The number of hydrogen-bond donors (Lipinski definition) is 1. The molecule has 0 aliphatic heterocycles. The quantitative estimate of drug-likeness (QED) is 0.936. The highest BCUT2D eigenvalue weighted by atomic mass is 79.9. The molecule has 0 aliphatic carbocycles. The molecule has 1 heterocycles. The Morgan fingerprint density at radius 1 is 1.44 bits per heavy atom. The number of nitrogens with zero attached hydrogens (tertiary/aromatic N) is 2. The first kappa shape index (κ1) is 11.4. The highest BCUT2D eigenvalue weighted by molar-refractivity contribution is 9.10. The molecule has 0 bridgehead atoms. The Bertz CT molecular complexity index is 491. The first-order chi connectivity index (χ1) is 7.72. The van der Waals surface area contributed by atoms with Crippen LogP contribution in [-0.4, -0.2) is 16.6 Å². The van der Waals surface area contributed by atoms with Gasteiger partial charge in [0.15, 0.2) is 0 Å². The molecular weight excluding hydrogens is 266 g/mol. The van der Waals surface area contributed by atoms with E-state index in [0.29, 0.717) is 0 Å². The SMILES string of the molecule is CNCc1ccc(Br)cc1-n1ccnc1C. The van der Waals surface area contributed by atoms with Gasteiger partial charge < -0.3 is 9.88 Å². The third-order valence-corrected chi connectivity index (χ3v) is 2.99. The van der Waals surface area contributed by atoms with Crippen molar-refractivity contribution in [3.8, 4) is 5.69 Å². The minimum absolute atomic E-state index is 0.847. The van der Waals surface area contributed by atoms with Crippen LogP contribution in [0.5, 0.6) is 0 Å². The molecule has 0 fully saturated rings. The van der Waals surface area contributed by atoms with Crippen molar-refractivity contribution in [1.29, 1.82) is 0 Å². The van der Waals surface area contributed by atoms with Crippen LogP contribution in [0.3, 0.4) is 0 Å². The van der Waals surface area contributed by atoms with E-state index in [1.807, 2.05) is 26.4 Å². The molecule has 0 saturated carbocycles. The zero-order valence-electron chi connectivity index (χ0n) is 9.37. The Balaban J connectivity index is 2.53. The lowest BCUT2D eigenvalue weighted by Gasteiger charge is -2.12. The highest BCUT2D eigenvalue weighted by Gasteiger charge is 2.06. The summed E-state index contributed by atoms with van der Waals surface area (Å²) in [5.41, 5.74) is 2.42. The zero-order valence-corrected chi connectivity index (χ0v) is 11.0. The molecule has 0 spiro atoms. The molecule has 2 rings (SSSR count). The lowest BCUT2D eigenvalue weighted by Crippen LogP contribution is -2.09. The summed E-state index contributed by atoms with van der Waals surface area (Å²) in [5.74, 6) is 0.996. The molecule has 0 amide bonds. The summed E-state index contributed by atoms with van der Waals surface area (Å²) < 4.78 is 3.17. The topological polar surface area (TPSA) is 29.9 Å². The molecule has 1 N–H and O–H groups in total. The van der Waals surface area contributed by atoms with Gasteiger partial charge in [0.2, 0.25) is 0 Å². The highest BCUT2D eigenvalue weighted by Crippen LogP contribution is 2.21. The number of nitrogens with one attached hydrogen (secondary N) is 1. The standard InChI is InChI=1S/C12H14BrN3/c1-9-15-5-6-16(9)12-7-11(13)4-3-10(12)8-14-2/h3-7,14H,8H2,1-2H3. The fraction of sp³-hybridized carbons (Fsp3) is 0.250. The van der Waals surface area contributed by atoms with Crippen LogP contribution in [0.2, 0.25) is 0 Å². The summed E-state index contributed by atoms with van der Waals surface area (Å²) in [6, 6.07) is 6.29. The van der Waals surface area contributed by atoms with E-state index in [1.165, 1.54) is 11.3 Å². The molecule has 16 heavy (non-hydrogen) atoms. The summed E-state index contributed by atoms with van der Waals surface area (Å²) in [4.78, 5) is 4.25. The molecule has 0 saturated heterocycles. The largest absolute Gasteiger partial charge is 0.316 e. The lowest BCUT2D eigenvalue weighted by atomic mass is 10.1. The third-order valence-electron chi connectivity index (χ3n) is 2.50. The van der Waals surface area contributed by atoms with E-state index in [0.717, 1.165) is 16.8 Å². The number of rotatable bonds is 3. The molecule has 3 nitrogen and oxygen atoms in total. The van der Waals surface area contributed by atoms with Gasteiger partial charge in [0.1, 0.15) is 5.82 Å². The minimum Gasteiger partial charge on any atom is -0.316 e. The Hall–Kier alpha value is -1.13. The van der Waals surface area contributed by atoms with Gasteiger partial charge in [0, 0.05) is 23.4 Å². The van der Waals surface area contributed by atoms with Crippen LogP contribution >= 0.6 is 15.9 Å². The summed E-state index contributed by atoms with van der Waals surface area (Å²) in [6.45, 7) is 2.85. The molecular formula is C12H14BrN3. The fourth-order valence-corrected chi connectivity index (χ4v) is 2.08. The van der Waals surface area contributed by atoms with Gasteiger partial charge in [-0.1, -0.05) is 22.0 Å². The minimum atomic E-state index is 0.847. The van der Waals surface area contributed by atoms with Crippen molar-refractivity contribution in [2.75, 3.05) is 7.05 Å². The summed E-state index contributed by atoms with van der Waals surface area (Å²) in [5, 5.41) is 3.18. The van der Waals surface area contributed by atoms with Gasteiger partial charge in [-0.3, -0.25) is 0 Å². The van der Waals surface area contributed by atoms with Crippen molar-refractivity contribution in [3.63, 3.8) is 0 Å². The van der Waals surface area contributed by atoms with Crippen LogP contribution in [0.4, 0.5) is 0 Å². The van der Waals surface area contributed by atoms with Crippen molar-refractivity contribution in [1.82, 2.24) is 14.9 Å². The second-order valence-electron chi connectivity index (χ2n) is 3.65. The average molecular weight is 280 g/mol. The number of aromatic nitrogens is 2. The molecule has 1 aromatic heterocycles. The summed E-state index contributed by atoms with van der Waals surface area (Å²) in [7, 11) is 1.95. The van der Waals surface area contributed by atoms with Gasteiger partial charge in [-0.25, -0.2) is 4.98 Å². The molecule has 0 unspecified atom stereocenters. The predicted molar refractivity (Wildman–Crippen MR) is 68.8 cm³/mol. The fourth-order valence-electron chi connectivity index (χ4n) is 1.73. The van der Waals surface area contributed by atoms with Crippen LogP contribution in [0, 0.1) is 6.92 Å². The molecule has 4 heteroatoms. The van der Waals surface area contributed by atoms with Gasteiger partial charge in [0.05, 0.1) is 5.69 Å². The Kier molecular flexibility index (Phi) is 3.41. The monoisotopic (exact) mass is 279 g/mol. The predicted octanol–water partition coefficient (Wildman–Crippen LogP) is 2.66. The first-order valence-corrected chi connectivity index (χ1v) is 5.95. The third kappa shape index (κ3) is 2.18. The van der Waals surface area contributed by atoms with Crippen molar-refractivity contribution in [2.45, 2.75) is 13.5 Å². The normalized spacial score (nSPS) is 10.7. The summed E-state index contributed by atoms with van der Waals surface area (Å²) in [6.07, 6.45) is 3.80. The maximum atomic E-state index is 4.25. The van der Waals surface area contributed by atoms with Crippen molar-refractivity contribution in [3.05, 3.63) is 46.5 Å². The lowest BCUT2D eigenvalue weighted by molar-refractivity contribution is 0.803. The smallest absolute Gasteiger partial charge is 0.110 e. The van der Waals surface area contributed by atoms with E-state index in [4.69, 9.17) is 0 Å². The molecule has 0 aliphatic rings. The van der Waals surface area contributed by atoms with Gasteiger partial charge >= 0.3 is 0 Å². The molecule has 1 aromatic carbocycles. The number of benzene rings is 1. The van der Waals surface area contributed by atoms with Crippen molar-refractivity contribution >= 4 is 15.9 Å². The number of imidazole rings is 1. The van der Waals surface area contributed by atoms with Gasteiger partial charge in [-0.05, 0) is 31.7 Å². The van der Waals surface area contributed by atoms with E-state index in [-0.39, 0.29) is 0 Å². The maximum Gasteiger partial charge on any atom is 0.110 e. The first-order valence-electron chi connectivity index (χ1n) is 5.15. The van der Waals surface area contributed by atoms with Crippen molar-refractivity contribution in [2.24, 2.45) is 0 Å². The van der Waals surface area contributed by atoms with Gasteiger partial charge in [-0.2, -0.15) is 0 Å². The zero-order chi connectivity index (χ0) is 11.5. The maximum absolute atomic E-state index is 4.25. The summed E-state index contributed by atoms with van der Waals surface area (Å²) >= 11 is 3.50. The van der Waals surface area contributed by atoms with Crippen LogP contribution in [0.1, 0.15) is 11.4 Å². The van der Waals surface area contributed by atoms with Crippen LogP contribution in [-0.2, 0) is 6.54 Å². The Morgan fingerprint density at radius 2 is 2.25 bits per heavy atom. The van der Waals surface area contributed by atoms with E-state index in [2.05, 4.69) is 49.0 Å². The van der Waals surface area contributed by atoms with Gasteiger partial charge in [0.25, 0.3) is 0 Å². The average Bonchev–Trinajstić information content (AvgIpc) is 2.67. The molecule has 84 valence electrons. The van der Waals surface area contributed by atoms with Crippen LogP contribution in [0.15, 0.2) is 35.1 Å². The second kappa shape index (κ2) is 4.80. The van der Waals surface area contributed by atoms with Crippen LogP contribution in [0.25, 0.3) is 5.69 Å². The van der Waals surface area contributed by atoms with E-state index in [1.54, 1.807) is 0 Å².